The minimum atomic E-state index is -2.68. The number of hydrogen-bond donors (Lipinski definition) is 0. The molecule has 0 aliphatic carbocycles. The van der Waals surface area contributed by atoms with Crippen LogP contribution >= 0.6 is 22.6 Å². The Morgan fingerprint density at radius 3 is 2.58 bits per heavy atom. The van der Waals surface area contributed by atoms with E-state index < -0.39 is 5.92 Å². The summed E-state index contributed by atoms with van der Waals surface area (Å²) in [6.07, 6.45) is -0.146. The molecule has 0 aliphatic heterocycles. The number of hydrogen-bond acceptors (Lipinski definition) is 0. The second-order valence-electron chi connectivity index (χ2n) is 2.57. The van der Waals surface area contributed by atoms with Gasteiger partial charge in [0.15, 0.2) is 0 Å². The Kier molecular flexibility index (Phi) is 3.04. The minimum Gasteiger partial charge on any atom is -0.201 e. The highest BCUT2D eigenvalue weighted by Crippen LogP contribution is 2.31. The summed E-state index contributed by atoms with van der Waals surface area (Å²) < 4.78 is 27.0. The van der Waals surface area contributed by atoms with Gasteiger partial charge >= 0.3 is 0 Å². The van der Waals surface area contributed by atoms with Crippen molar-refractivity contribution in [1.82, 2.24) is 0 Å². The van der Waals surface area contributed by atoms with Crippen molar-refractivity contribution in [2.24, 2.45) is 0 Å². The first-order chi connectivity index (χ1) is 5.56. The van der Waals surface area contributed by atoms with Crippen molar-refractivity contribution in [3.8, 4) is 0 Å². The van der Waals surface area contributed by atoms with E-state index in [2.05, 4.69) is 0 Å². The van der Waals surface area contributed by atoms with E-state index in [1.807, 2.05) is 22.6 Å². The van der Waals surface area contributed by atoms with Gasteiger partial charge in [-0.2, -0.15) is 0 Å². The normalized spacial score (nSPS) is 11.7. The lowest BCUT2D eigenvalue weighted by molar-refractivity contribution is -0.00834. The molecule has 0 atom stereocenters. The minimum absolute atomic E-state index is 0.108. The number of alkyl halides is 2. The van der Waals surface area contributed by atoms with Crippen molar-refractivity contribution < 1.29 is 8.78 Å². The summed E-state index contributed by atoms with van der Waals surface area (Å²) in [5, 5.41) is 0. The summed E-state index contributed by atoms with van der Waals surface area (Å²) in [4.78, 5) is 0. The molecule has 0 unspecified atom stereocenters. The van der Waals surface area contributed by atoms with Gasteiger partial charge in [0, 0.05) is 15.6 Å². The molecule has 3 heteroatoms. The van der Waals surface area contributed by atoms with Crippen LogP contribution in [0.3, 0.4) is 0 Å². The van der Waals surface area contributed by atoms with E-state index in [1.54, 1.807) is 12.1 Å². The second kappa shape index (κ2) is 3.68. The van der Waals surface area contributed by atoms with Crippen LogP contribution in [-0.4, -0.2) is 0 Å². The molecule has 1 aromatic carbocycles. The van der Waals surface area contributed by atoms with Crippen molar-refractivity contribution in [3.05, 3.63) is 33.4 Å². The molecular formula is C9H9F2I. The average Bonchev–Trinajstić information content (AvgIpc) is 2.05. The fraction of sp³-hybridized carbons (Fsp3) is 0.333. The van der Waals surface area contributed by atoms with E-state index in [0.29, 0.717) is 0 Å². The van der Waals surface area contributed by atoms with Gasteiger partial charge in [0.2, 0.25) is 0 Å². The van der Waals surface area contributed by atoms with Crippen molar-refractivity contribution in [2.45, 2.75) is 19.3 Å². The molecule has 1 aromatic rings. The topological polar surface area (TPSA) is 0 Å². The Bertz CT molecular complexity index is 271. The average molecular weight is 282 g/mol. The molecule has 0 bridgehead atoms. The first kappa shape index (κ1) is 9.89. The van der Waals surface area contributed by atoms with Gasteiger partial charge in [0.1, 0.15) is 0 Å². The third-order valence-corrected chi connectivity index (χ3v) is 2.36. The number of halogens is 3. The maximum Gasteiger partial charge on any atom is 0.273 e. The van der Waals surface area contributed by atoms with Crippen LogP contribution in [0, 0.1) is 3.57 Å². The highest BCUT2D eigenvalue weighted by atomic mass is 127. The summed E-state index contributed by atoms with van der Waals surface area (Å²) >= 11 is 2.03. The smallest absolute Gasteiger partial charge is 0.201 e. The maximum absolute atomic E-state index is 13.1. The Balaban J connectivity index is 3.03. The van der Waals surface area contributed by atoms with E-state index in [9.17, 15) is 8.78 Å². The van der Waals surface area contributed by atoms with E-state index in [1.165, 1.54) is 19.1 Å². The molecule has 0 saturated carbocycles. The van der Waals surface area contributed by atoms with Crippen LogP contribution in [-0.2, 0) is 5.92 Å². The Labute approximate surface area is 84.1 Å². The molecule has 0 nitrogen and oxygen atoms in total. The van der Waals surface area contributed by atoms with Gasteiger partial charge in [-0.1, -0.05) is 19.1 Å². The van der Waals surface area contributed by atoms with Crippen molar-refractivity contribution in [1.29, 1.82) is 0 Å². The van der Waals surface area contributed by atoms with Crippen LogP contribution in [0.15, 0.2) is 24.3 Å². The van der Waals surface area contributed by atoms with Gasteiger partial charge in [-0.15, -0.1) is 0 Å². The maximum atomic E-state index is 13.1. The van der Waals surface area contributed by atoms with E-state index in [4.69, 9.17) is 0 Å². The third kappa shape index (κ3) is 2.15. The lowest BCUT2D eigenvalue weighted by Crippen LogP contribution is -2.11. The summed E-state index contributed by atoms with van der Waals surface area (Å²) in [6, 6.07) is 6.44. The van der Waals surface area contributed by atoms with Gasteiger partial charge in [-0.3, -0.25) is 0 Å². The predicted octanol–water partition coefficient (Wildman–Crippen LogP) is 3.79. The highest BCUT2D eigenvalue weighted by Gasteiger charge is 2.28. The van der Waals surface area contributed by atoms with Crippen LogP contribution in [0.1, 0.15) is 18.9 Å². The van der Waals surface area contributed by atoms with E-state index >= 15 is 0 Å². The van der Waals surface area contributed by atoms with Crippen LogP contribution in [0.2, 0.25) is 0 Å². The van der Waals surface area contributed by atoms with E-state index in [0.717, 1.165) is 3.57 Å². The Morgan fingerprint density at radius 1 is 1.42 bits per heavy atom. The first-order valence-corrected chi connectivity index (χ1v) is 4.78. The predicted molar refractivity (Wildman–Crippen MR) is 53.3 cm³/mol. The zero-order valence-electron chi connectivity index (χ0n) is 6.65. The highest BCUT2D eigenvalue weighted by molar-refractivity contribution is 14.1. The molecule has 0 amide bonds. The molecule has 0 aromatic heterocycles. The van der Waals surface area contributed by atoms with E-state index in [-0.39, 0.29) is 12.0 Å². The zero-order valence-corrected chi connectivity index (χ0v) is 8.81. The molecule has 0 fully saturated rings. The molecule has 66 valence electrons. The standard InChI is InChI=1S/C9H9F2I/c1-2-9(10,11)7-4-3-5-8(12)6-7/h3-6H,2H2,1H3. The largest absolute Gasteiger partial charge is 0.273 e. The monoisotopic (exact) mass is 282 g/mol. The van der Waals surface area contributed by atoms with Crippen molar-refractivity contribution in [2.75, 3.05) is 0 Å². The molecule has 0 heterocycles. The molecule has 0 aliphatic rings. The molecular weight excluding hydrogens is 273 g/mol. The van der Waals surface area contributed by atoms with Gasteiger partial charge in [-0.05, 0) is 34.7 Å². The molecule has 0 N–H and O–H groups in total. The molecule has 1 rings (SSSR count). The Morgan fingerprint density at radius 2 is 2.08 bits per heavy atom. The molecule has 0 saturated heterocycles. The van der Waals surface area contributed by atoms with Crippen LogP contribution in [0.4, 0.5) is 8.78 Å². The third-order valence-electron chi connectivity index (χ3n) is 1.69. The summed E-state index contributed by atoms with van der Waals surface area (Å²) in [6.45, 7) is 1.49. The van der Waals surface area contributed by atoms with Gasteiger partial charge in [0.25, 0.3) is 5.92 Å². The van der Waals surface area contributed by atoms with Crippen LogP contribution in [0.25, 0.3) is 0 Å². The Hall–Kier alpha value is -0.190. The lowest BCUT2D eigenvalue weighted by atomic mass is 10.1. The second-order valence-corrected chi connectivity index (χ2v) is 3.81. The first-order valence-electron chi connectivity index (χ1n) is 3.70. The quantitative estimate of drug-likeness (QED) is 0.724. The van der Waals surface area contributed by atoms with Crippen molar-refractivity contribution in [3.63, 3.8) is 0 Å². The number of benzene rings is 1. The fourth-order valence-electron chi connectivity index (χ4n) is 0.920. The van der Waals surface area contributed by atoms with Gasteiger partial charge in [-0.25, -0.2) is 8.78 Å². The van der Waals surface area contributed by atoms with Gasteiger partial charge in [0.05, 0.1) is 0 Å². The summed E-state index contributed by atoms with van der Waals surface area (Å²) in [5.41, 5.74) is 0.108. The SMILES string of the molecule is CCC(F)(F)c1cccc(I)c1. The lowest BCUT2D eigenvalue weighted by Gasteiger charge is -2.13. The molecule has 0 spiro atoms. The van der Waals surface area contributed by atoms with Crippen molar-refractivity contribution >= 4 is 22.6 Å². The molecule has 0 radical (unpaired) electrons. The zero-order chi connectivity index (χ0) is 9.19. The molecule has 12 heavy (non-hydrogen) atoms. The van der Waals surface area contributed by atoms with Crippen LogP contribution in [0.5, 0.6) is 0 Å². The summed E-state index contributed by atoms with van der Waals surface area (Å²) in [7, 11) is 0. The van der Waals surface area contributed by atoms with Crippen LogP contribution < -0.4 is 0 Å². The fourth-order valence-corrected chi connectivity index (χ4v) is 1.46. The number of rotatable bonds is 2. The van der Waals surface area contributed by atoms with Gasteiger partial charge < -0.3 is 0 Å². The summed E-state index contributed by atoms with van der Waals surface area (Å²) in [5.74, 6) is -2.68.